The van der Waals surface area contributed by atoms with Gasteiger partial charge in [0.1, 0.15) is 5.00 Å². The summed E-state index contributed by atoms with van der Waals surface area (Å²) in [6.45, 7) is 0. The third-order valence-corrected chi connectivity index (χ3v) is 6.18. The largest absolute Gasteiger partial charge is 0.478 e. The van der Waals surface area contributed by atoms with Gasteiger partial charge in [-0.3, -0.25) is 4.79 Å². The van der Waals surface area contributed by atoms with Gasteiger partial charge in [-0.2, -0.15) is 0 Å². The molecule has 1 aromatic rings. The Labute approximate surface area is 119 Å². The summed E-state index contributed by atoms with van der Waals surface area (Å²) in [5.41, 5.74) is 1.26. The van der Waals surface area contributed by atoms with Gasteiger partial charge in [0, 0.05) is 4.88 Å². The first-order valence-corrected chi connectivity index (χ1v) is 8.33. The van der Waals surface area contributed by atoms with E-state index in [1.165, 1.54) is 11.3 Å². The maximum atomic E-state index is 12.1. The molecule has 0 aromatic carbocycles. The highest BCUT2D eigenvalue weighted by Crippen LogP contribution is 2.39. The summed E-state index contributed by atoms with van der Waals surface area (Å²) in [5, 5.41) is 12.7. The van der Waals surface area contributed by atoms with Crippen molar-refractivity contribution in [1.29, 1.82) is 0 Å². The molecule has 0 bridgehead atoms. The fraction of sp³-hybridized carbons (Fsp3) is 0.538. The van der Waals surface area contributed by atoms with Crippen molar-refractivity contribution in [1.82, 2.24) is 0 Å². The summed E-state index contributed by atoms with van der Waals surface area (Å²) in [6, 6.07) is 0. The lowest BCUT2D eigenvalue weighted by Gasteiger charge is -2.09. The Kier molecular flexibility index (Phi) is 3.54. The second kappa shape index (κ2) is 5.17. The Hall–Kier alpha value is -1.01. The van der Waals surface area contributed by atoms with E-state index in [2.05, 4.69) is 5.32 Å². The van der Waals surface area contributed by atoms with Crippen LogP contribution in [0.15, 0.2) is 0 Å². The van der Waals surface area contributed by atoms with E-state index in [0.29, 0.717) is 10.6 Å². The van der Waals surface area contributed by atoms with E-state index in [4.69, 9.17) is 0 Å². The van der Waals surface area contributed by atoms with E-state index in [1.54, 1.807) is 11.8 Å². The first-order chi connectivity index (χ1) is 9.16. The summed E-state index contributed by atoms with van der Waals surface area (Å²) in [5.74, 6) is 0.0591. The van der Waals surface area contributed by atoms with Crippen LogP contribution in [-0.4, -0.2) is 28.0 Å². The molecule has 1 atom stereocenters. The normalized spacial score (nSPS) is 21.4. The van der Waals surface area contributed by atoms with Crippen LogP contribution in [0.1, 0.15) is 40.1 Å². The van der Waals surface area contributed by atoms with Crippen molar-refractivity contribution < 1.29 is 14.7 Å². The topological polar surface area (TPSA) is 66.4 Å². The first kappa shape index (κ1) is 13.0. The predicted octanol–water partition coefficient (Wildman–Crippen LogP) is 2.77. The molecule has 2 heterocycles. The standard InChI is InChI=1S/C13H15NO3S2/c15-11(9-5-2-6-18-9)14-12-10(13(16)17)7-3-1-4-8(7)19-12/h9H,1-6H2,(H,14,15)(H,16,17). The molecule has 0 spiro atoms. The number of hydrogen-bond acceptors (Lipinski definition) is 4. The Balaban J connectivity index is 1.84. The second-order valence-corrected chi connectivity index (χ2v) is 7.27. The Bertz CT molecular complexity index is 532. The molecule has 19 heavy (non-hydrogen) atoms. The van der Waals surface area contributed by atoms with Crippen molar-refractivity contribution >= 4 is 40.0 Å². The quantitative estimate of drug-likeness (QED) is 0.900. The number of hydrogen-bond donors (Lipinski definition) is 2. The van der Waals surface area contributed by atoms with Gasteiger partial charge in [-0.15, -0.1) is 23.1 Å². The molecule has 1 aliphatic heterocycles. The Morgan fingerprint density at radius 2 is 2.11 bits per heavy atom. The van der Waals surface area contributed by atoms with Crippen molar-refractivity contribution in [3.8, 4) is 0 Å². The number of carboxylic acid groups (broad SMARTS) is 1. The zero-order chi connectivity index (χ0) is 13.4. The average Bonchev–Trinajstić information content (AvgIpc) is 3.03. The molecule has 2 aliphatic rings. The third kappa shape index (κ3) is 2.39. The highest BCUT2D eigenvalue weighted by atomic mass is 32.2. The number of carbonyl (C=O) groups excluding carboxylic acids is 1. The molecule has 1 fully saturated rings. The van der Waals surface area contributed by atoms with Gasteiger partial charge in [-0.1, -0.05) is 0 Å². The number of fused-ring (bicyclic) bond motifs is 1. The number of aromatic carboxylic acids is 1. The van der Waals surface area contributed by atoms with Crippen LogP contribution in [0.5, 0.6) is 0 Å². The molecule has 3 rings (SSSR count). The van der Waals surface area contributed by atoms with Crippen molar-refractivity contribution in [2.45, 2.75) is 37.4 Å². The number of aryl methyl sites for hydroxylation is 1. The molecule has 2 N–H and O–H groups in total. The SMILES string of the molecule is O=C(O)c1c(NC(=O)C2CCCS2)sc2c1CCC2. The lowest BCUT2D eigenvalue weighted by atomic mass is 10.1. The summed E-state index contributed by atoms with van der Waals surface area (Å²) >= 11 is 3.10. The smallest absolute Gasteiger partial charge is 0.339 e. The Morgan fingerprint density at radius 3 is 2.79 bits per heavy atom. The van der Waals surface area contributed by atoms with E-state index in [1.807, 2.05) is 0 Å². The summed E-state index contributed by atoms with van der Waals surface area (Å²) < 4.78 is 0. The van der Waals surface area contributed by atoms with Crippen LogP contribution in [0.25, 0.3) is 0 Å². The Morgan fingerprint density at radius 1 is 1.26 bits per heavy atom. The van der Waals surface area contributed by atoms with Crippen LogP contribution >= 0.6 is 23.1 Å². The number of rotatable bonds is 3. The highest BCUT2D eigenvalue weighted by Gasteiger charge is 2.29. The number of nitrogens with one attached hydrogen (secondary N) is 1. The predicted molar refractivity (Wildman–Crippen MR) is 77.4 cm³/mol. The average molecular weight is 297 g/mol. The van der Waals surface area contributed by atoms with Crippen molar-refractivity contribution in [2.24, 2.45) is 0 Å². The monoisotopic (exact) mass is 297 g/mol. The minimum absolute atomic E-state index is 0.0152. The third-order valence-electron chi connectivity index (χ3n) is 3.59. The molecule has 4 nitrogen and oxygen atoms in total. The second-order valence-electron chi connectivity index (χ2n) is 4.86. The highest BCUT2D eigenvalue weighted by molar-refractivity contribution is 8.00. The van der Waals surface area contributed by atoms with E-state index in [-0.39, 0.29) is 11.2 Å². The molecule has 6 heteroatoms. The van der Waals surface area contributed by atoms with Crippen molar-refractivity contribution in [3.63, 3.8) is 0 Å². The van der Waals surface area contributed by atoms with Gasteiger partial charge in [0.15, 0.2) is 0 Å². The van der Waals surface area contributed by atoms with E-state index < -0.39 is 5.97 Å². The molecular weight excluding hydrogens is 282 g/mol. The molecule has 1 saturated heterocycles. The molecule has 1 amide bonds. The number of thioether (sulfide) groups is 1. The van der Waals surface area contributed by atoms with Crippen LogP contribution in [-0.2, 0) is 17.6 Å². The lowest BCUT2D eigenvalue weighted by molar-refractivity contribution is -0.115. The van der Waals surface area contributed by atoms with Crippen LogP contribution < -0.4 is 5.32 Å². The fourth-order valence-electron chi connectivity index (χ4n) is 2.70. The van der Waals surface area contributed by atoms with Gasteiger partial charge in [0.25, 0.3) is 0 Å². The molecule has 102 valence electrons. The summed E-state index contributed by atoms with van der Waals surface area (Å²) in [6.07, 6.45) is 4.74. The number of amides is 1. The molecule has 0 saturated carbocycles. The molecule has 1 aliphatic carbocycles. The van der Waals surface area contributed by atoms with Crippen LogP contribution in [0.2, 0.25) is 0 Å². The molecule has 1 aromatic heterocycles. The van der Waals surface area contributed by atoms with Gasteiger partial charge in [0.2, 0.25) is 5.91 Å². The fourth-order valence-corrected chi connectivity index (χ4v) is 5.14. The molecule has 0 radical (unpaired) electrons. The molecule has 1 unspecified atom stereocenters. The maximum absolute atomic E-state index is 12.1. The van der Waals surface area contributed by atoms with Gasteiger partial charge < -0.3 is 10.4 Å². The summed E-state index contributed by atoms with van der Waals surface area (Å²) in [7, 11) is 0. The van der Waals surface area contributed by atoms with Gasteiger partial charge in [0.05, 0.1) is 10.8 Å². The lowest BCUT2D eigenvalue weighted by Crippen LogP contribution is -2.23. The van der Waals surface area contributed by atoms with Gasteiger partial charge in [-0.25, -0.2) is 4.79 Å². The van der Waals surface area contributed by atoms with Crippen LogP contribution in [0.3, 0.4) is 0 Å². The zero-order valence-corrected chi connectivity index (χ0v) is 12.0. The minimum Gasteiger partial charge on any atom is -0.478 e. The minimum atomic E-state index is -0.922. The van der Waals surface area contributed by atoms with E-state index in [0.717, 1.165) is 48.3 Å². The number of carbonyl (C=O) groups is 2. The number of carboxylic acids is 1. The number of thiophene rings is 1. The van der Waals surface area contributed by atoms with Gasteiger partial charge >= 0.3 is 5.97 Å². The van der Waals surface area contributed by atoms with Gasteiger partial charge in [-0.05, 0) is 43.4 Å². The van der Waals surface area contributed by atoms with E-state index in [9.17, 15) is 14.7 Å². The van der Waals surface area contributed by atoms with Crippen molar-refractivity contribution in [3.05, 3.63) is 16.0 Å². The molecular formula is C13H15NO3S2. The van der Waals surface area contributed by atoms with Crippen LogP contribution in [0.4, 0.5) is 5.00 Å². The maximum Gasteiger partial charge on any atom is 0.339 e. The summed E-state index contributed by atoms with van der Waals surface area (Å²) in [4.78, 5) is 24.6. The zero-order valence-electron chi connectivity index (χ0n) is 10.4. The number of anilines is 1. The van der Waals surface area contributed by atoms with Crippen molar-refractivity contribution in [2.75, 3.05) is 11.1 Å². The van der Waals surface area contributed by atoms with E-state index >= 15 is 0 Å². The van der Waals surface area contributed by atoms with Crippen LogP contribution in [0, 0.1) is 0 Å². The first-order valence-electron chi connectivity index (χ1n) is 6.47.